The zero-order valence-corrected chi connectivity index (χ0v) is 17.9. The molecule has 0 saturated carbocycles. The highest BCUT2D eigenvalue weighted by atomic mass is 35.5. The van der Waals surface area contributed by atoms with Crippen molar-refractivity contribution in [3.63, 3.8) is 0 Å². The number of carbonyl (C=O) groups excluding carboxylic acids is 2. The zero-order chi connectivity index (χ0) is 23.6. The van der Waals surface area contributed by atoms with Crippen LogP contribution in [0, 0.1) is 0 Å². The smallest absolute Gasteiger partial charge is 0.501 e. The summed E-state index contributed by atoms with van der Waals surface area (Å²) in [4.78, 5) is 23.5. The second-order valence-electron chi connectivity index (χ2n) is 6.09. The summed E-state index contributed by atoms with van der Waals surface area (Å²) in [6.07, 6.45) is -0.703. The molecule has 0 fully saturated rings. The van der Waals surface area contributed by atoms with E-state index in [1.807, 2.05) is 0 Å². The van der Waals surface area contributed by atoms with Gasteiger partial charge in [0.2, 0.25) is 0 Å². The fraction of sp³-hybridized carbons (Fsp3) is 0.222. The Morgan fingerprint density at radius 1 is 1.16 bits per heavy atom. The monoisotopic (exact) mass is 499 g/mol. The Labute approximate surface area is 184 Å². The van der Waals surface area contributed by atoms with E-state index in [1.54, 1.807) is 0 Å². The Morgan fingerprint density at radius 2 is 1.74 bits per heavy atom. The molecule has 0 heterocycles. The van der Waals surface area contributed by atoms with Gasteiger partial charge in [0.15, 0.2) is 0 Å². The maximum Gasteiger partial charge on any atom is 0.501 e. The molecular formula is C18H14Cl2F3NO6S. The molecule has 7 nitrogen and oxygen atoms in total. The van der Waals surface area contributed by atoms with E-state index in [9.17, 15) is 36.3 Å². The SMILES string of the molecule is COC(=O)[C@H](Cc1ccc(O)cc1S(=O)(=O)C(F)(F)F)NC(=O)c1c(Cl)cccc1Cl. The quantitative estimate of drug-likeness (QED) is 0.588. The van der Waals surface area contributed by atoms with Crippen molar-refractivity contribution in [1.82, 2.24) is 5.32 Å². The standard InChI is InChI=1S/C18H14Cl2F3NO6S/c1-30-17(27)13(24-16(26)15-11(19)3-2-4-12(15)20)7-9-5-6-10(25)8-14(9)31(28,29)18(21,22)23/h2-6,8,13,25H,7H2,1H3,(H,24,26)/t13-/m0/s1. The van der Waals surface area contributed by atoms with Gasteiger partial charge in [-0.15, -0.1) is 0 Å². The number of amides is 1. The molecule has 31 heavy (non-hydrogen) atoms. The fourth-order valence-electron chi connectivity index (χ4n) is 2.59. The first-order valence-corrected chi connectivity index (χ1v) is 10.5. The first-order valence-electron chi connectivity index (χ1n) is 8.25. The van der Waals surface area contributed by atoms with Crippen LogP contribution in [-0.2, 0) is 25.8 Å². The molecule has 0 radical (unpaired) electrons. The molecule has 0 spiro atoms. The number of phenolic OH excluding ortho intramolecular Hbond substituents is 1. The topological polar surface area (TPSA) is 110 Å². The highest BCUT2D eigenvalue weighted by molar-refractivity contribution is 7.92. The summed E-state index contributed by atoms with van der Waals surface area (Å²) >= 11 is 11.9. The van der Waals surface area contributed by atoms with E-state index in [1.165, 1.54) is 18.2 Å². The summed E-state index contributed by atoms with van der Waals surface area (Å²) in [6, 6.07) is 4.79. The lowest BCUT2D eigenvalue weighted by Crippen LogP contribution is -2.43. The third kappa shape index (κ3) is 5.41. The number of hydrogen-bond donors (Lipinski definition) is 2. The predicted octanol–water partition coefficient (Wildman–Crippen LogP) is 3.51. The second-order valence-corrected chi connectivity index (χ2v) is 8.82. The number of alkyl halides is 3. The average molecular weight is 500 g/mol. The number of hydrogen-bond acceptors (Lipinski definition) is 6. The van der Waals surface area contributed by atoms with Crippen LogP contribution in [0.3, 0.4) is 0 Å². The van der Waals surface area contributed by atoms with Gasteiger partial charge >= 0.3 is 11.5 Å². The van der Waals surface area contributed by atoms with Crippen molar-refractivity contribution >= 4 is 44.9 Å². The number of esters is 1. The van der Waals surface area contributed by atoms with Crippen LogP contribution in [0.5, 0.6) is 5.75 Å². The highest BCUT2D eigenvalue weighted by Gasteiger charge is 2.48. The average Bonchev–Trinajstić information content (AvgIpc) is 2.66. The maximum absolute atomic E-state index is 13.1. The molecular weight excluding hydrogens is 486 g/mol. The number of aromatic hydroxyl groups is 1. The summed E-state index contributed by atoms with van der Waals surface area (Å²) in [5, 5.41) is 11.6. The molecule has 2 aromatic carbocycles. The summed E-state index contributed by atoms with van der Waals surface area (Å²) < 4.78 is 67.5. The van der Waals surface area contributed by atoms with Gasteiger partial charge in [-0.05, 0) is 29.8 Å². The van der Waals surface area contributed by atoms with Gasteiger partial charge in [0.05, 0.1) is 27.6 Å². The van der Waals surface area contributed by atoms with E-state index in [0.717, 1.165) is 19.2 Å². The highest BCUT2D eigenvalue weighted by Crippen LogP contribution is 2.34. The molecule has 0 aromatic heterocycles. The molecule has 2 rings (SSSR count). The Hall–Kier alpha value is -2.50. The number of benzene rings is 2. The van der Waals surface area contributed by atoms with Crippen LogP contribution in [0.4, 0.5) is 13.2 Å². The van der Waals surface area contributed by atoms with Gasteiger partial charge in [-0.1, -0.05) is 35.3 Å². The van der Waals surface area contributed by atoms with Gasteiger partial charge in [0.1, 0.15) is 11.8 Å². The van der Waals surface area contributed by atoms with Crippen LogP contribution in [0.15, 0.2) is 41.3 Å². The van der Waals surface area contributed by atoms with Gasteiger partial charge in [0, 0.05) is 6.42 Å². The minimum Gasteiger partial charge on any atom is -0.508 e. The second kappa shape index (κ2) is 9.33. The number of rotatable bonds is 6. The lowest BCUT2D eigenvalue weighted by atomic mass is 10.0. The molecule has 1 atom stereocenters. The molecule has 0 aliphatic rings. The normalized spacial score (nSPS) is 12.8. The number of sulfone groups is 1. The van der Waals surface area contributed by atoms with Crippen molar-refractivity contribution < 1.29 is 41.0 Å². The number of halogens is 5. The van der Waals surface area contributed by atoms with E-state index in [0.29, 0.717) is 6.07 Å². The van der Waals surface area contributed by atoms with Crippen LogP contribution in [0.1, 0.15) is 15.9 Å². The van der Waals surface area contributed by atoms with Crippen molar-refractivity contribution in [3.8, 4) is 5.75 Å². The Balaban J connectivity index is 2.47. The van der Waals surface area contributed by atoms with Crippen molar-refractivity contribution in [3.05, 3.63) is 57.6 Å². The van der Waals surface area contributed by atoms with Crippen molar-refractivity contribution in [2.24, 2.45) is 0 Å². The minimum atomic E-state index is -5.87. The molecule has 0 aliphatic carbocycles. The van der Waals surface area contributed by atoms with Gasteiger partial charge in [0.25, 0.3) is 15.7 Å². The lowest BCUT2D eigenvalue weighted by molar-refractivity contribution is -0.142. The number of methoxy groups -OCH3 is 1. The molecule has 0 unspecified atom stereocenters. The fourth-order valence-corrected chi connectivity index (χ4v) is 4.18. The van der Waals surface area contributed by atoms with Crippen LogP contribution in [0.2, 0.25) is 10.0 Å². The summed E-state index contributed by atoms with van der Waals surface area (Å²) in [6.45, 7) is 0. The van der Waals surface area contributed by atoms with Crippen LogP contribution in [0.25, 0.3) is 0 Å². The maximum atomic E-state index is 13.1. The molecule has 0 bridgehead atoms. The zero-order valence-electron chi connectivity index (χ0n) is 15.5. The van der Waals surface area contributed by atoms with Crippen LogP contribution >= 0.6 is 23.2 Å². The Morgan fingerprint density at radius 3 is 2.26 bits per heavy atom. The number of carbonyl (C=O) groups is 2. The molecule has 168 valence electrons. The predicted molar refractivity (Wildman–Crippen MR) is 105 cm³/mol. The van der Waals surface area contributed by atoms with E-state index in [-0.39, 0.29) is 15.6 Å². The first kappa shape index (κ1) is 24.8. The van der Waals surface area contributed by atoms with E-state index >= 15 is 0 Å². The van der Waals surface area contributed by atoms with Crippen LogP contribution < -0.4 is 5.32 Å². The molecule has 2 N–H and O–H groups in total. The van der Waals surface area contributed by atoms with Gasteiger partial charge < -0.3 is 15.2 Å². The van der Waals surface area contributed by atoms with Crippen LogP contribution in [-0.4, -0.2) is 44.1 Å². The minimum absolute atomic E-state index is 0.0569. The lowest BCUT2D eigenvalue weighted by Gasteiger charge is -2.20. The first-order chi connectivity index (χ1) is 14.3. The van der Waals surface area contributed by atoms with Gasteiger partial charge in [-0.2, -0.15) is 13.2 Å². The van der Waals surface area contributed by atoms with E-state index in [4.69, 9.17) is 23.2 Å². The molecule has 13 heteroatoms. The molecule has 0 aliphatic heterocycles. The van der Waals surface area contributed by atoms with Gasteiger partial charge in [-0.3, -0.25) is 4.79 Å². The van der Waals surface area contributed by atoms with Gasteiger partial charge in [-0.25, -0.2) is 13.2 Å². The van der Waals surface area contributed by atoms with Crippen molar-refractivity contribution in [2.45, 2.75) is 22.9 Å². The summed E-state index contributed by atoms with van der Waals surface area (Å²) in [7, 11) is -4.90. The summed E-state index contributed by atoms with van der Waals surface area (Å²) in [5.74, 6) is -2.75. The molecule has 2 aromatic rings. The Bertz CT molecular complexity index is 1100. The van der Waals surface area contributed by atoms with E-state index < -0.39 is 55.9 Å². The Kier molecular flexibility index (Phi) is 7.45. The third-order valence-corrected chi connectivity index (χ3v) is 6.25. The van der Waals surface area contributed by atoms with Crippen molar-refractivity contribution in [2.75, 3.05) is 7.11 Å². The third-order valence-electron chi connectivity index (χ3n) is 4.05. The van der Waals surface area contributed by atoms with E-state index in [2.05, 4.69) is 10.1 Å². The number of nitrogens with one attached hydrogen (secondary N) is 1. The molecule has 1 amide bonds. The summed E-state index contributed by atoms with van der Waals surface area (Å²) in [5.41, 5.74) is -6.35. The number of ether oxygens (including phenoxy) is 1. The molecule has 0 saturated heterocycles. The number of phenols is 1. The van der Waals surface area contributed by atoms with Crippen molar-refractivity contribution in [1.29, 1.82) is 0 Å². The largest absolute Gasteiger partial charge is 0.508 e.